The standard InChI is InChI=1S/C9H16O2/c1-4-8(2,3)9(5-6-9)7(10)11/h4-6H2,1-3H3,(H,10,11). The molecule has 0 aromatic carbocycles. The molecule has 0 bridgehead atoms. The van der Waals surface area contributed by atoms with E-state index in [0.29, 0.717) is 0 Å². The van der Waals surface area contributed by atoms with Gasteiger partial charge in [0.25, 0.3) is 0 Å². The highest BCUT2D eigenvalue weighted by Crippen LogP contribution is 2.59. The van der Waals surface area contributed by atoms with Crippen molar-refractivity contribution in [2.75, 3.05) is 0 Å². The Balaban J connectivity index is 2.80. The Morgan fingerprint density at radius 1 is 1.55 bits per heavy atom. The fourth-order valence-electron chi connectivity index (χ4n) is 1.64. The Kier molecular flexibility index (Phi) is 1.73. The molecule has 0 saturated heterocycles. The van der Waals surface area contributed by atoms with Crippen LogP contribution in [0.1, 0.15) is 40.0 Å². The molecule has 2 nitrogen and oxygen atoms in total. The first-order valence-corrected chi connectivity index (χ1v) is 4.20. The van der Waals surface area contributed by atoms with Crippen LogP contribution in [0.3, 0.4) is 0 Å². The van der Waals surface area contributed by atoms with E-state index in [4.69, 9.17) is 5.11 Å². The number of aliphatic carboxylic acids is 1. The molecule has 1 saturated carbocycles. The first-order valence-electron chi connectivity index (χ1n) is 4.20. The summed E-state index contributed by atoms with van der Waals surface area (Å²) in [5.41, 5.74) is -0.416. The van der Waals surface area contributed by atoms with Crippen molar-refractivity contribution >= 4 is 5.97 Å². The van der Waals surface area contributed by atoms with Gasteiger partial charge in [-0.15, -0.1) is 0 Å². The fourth-order valence-corrected chi connectivity index (χ4v) is 1.64. The van der Waals surface area contributed by atoms with Crippen LogP contribution >= 0.6 is 0 Å². The van der Waals surface area contributed by atoms with Crippen LogP contribution in [0.5, 0.6) is 0 Å². The van der Waals surface area contributed by atoms with Crippen molar-refractivity contribution in [3.05, 3.63) is 0 Å². The highest BCUT2D eigenvalue weighted by Gasteiger charge is 2.59. The number of hydrogen-bond donors (Lipinski definition) is 1. The average Bonchev–Trinajstić information content (AvgIpc) is 2.66. The Morgan fingerprint density at radius 2 is 2.00 bits per heavy atom. The molecule has 11 heavy (non-hydrogen) atoms. The molecule has 0 aromatic rings. The van der Waals surface area contributed by atoms with Crippen LogP contribution in [-0.4, -0.2) is 11.1 Å². The summed E-state index contributed by atoms with van der Waals surface area (Å²) in [6, 6.07) is 0. The molecule has 1 aliphatic rings. The second-order valence-corrected chi connectivity index (χ2v) is 4.12. The van der Waals surface area contributed by atoms with E-state index in [0.717, 1.165) is 19.3 Å². The zero-order valence-electron chi connectivity index (χ0n) is 7.48. The van der Waals surface area contributed by atoms with E-state index in [1.54, 1.807) is 0 Å². The van der Waals surface area contributed by atoms with Gasteiger partial charge < -0.3 is 5.11 Å². The molecule has 1 aliphatic carbocycles. The van der Waals surface area contributed by atoms with Crippen LogP contribution in [0.4, 0.5) is 0 Å². The second-order valence-electron chi connectivity index (χ2n) is 4.12. The van der Waals surface area contributed by atoms with Gasteiger partial charge >= 0.3 is 5.97 Å². The van der Waals surface area contributed by atoms with Crippen molar-refractivity contribution in [2.24, 2.45) is 10.8 Å². The van der Waals surface area contributed by atoms with Crippen LogP contribution in [-0.2, 0) is 4.79 Å². The van der Waals surface area contributed by atoms with Crippen LogP contribution in [0.2, 0.25) is 0 Å². The molecule has 2 heteroatoms. The molecule has 1 fully saturated rings. The van der Waals surface area contributed by atoms with E-state index >= 15 is 0 Å². The summed E-state index contributed by atoms with van der Waals surface area (Å²) >= 11 is 0. The summed E-state index contributed by atoms with van der Waals surface area (Å²) in [6.07, 6.45) is 2.67. The van der Waals surface area contributed by atoms with Gasteiger partial charge in [0.15, 0.2) is 0 Å². The molecule has 0 aliphatic heterocycles. The van der Waals surface area contributed by atoms with Gasteiger partial charge in [-0.3, -0.25) is 4.79 Å². The van der Waals surface area contributed by atoms with E-state index in [9.17, 15) is 4.79 Å². The Labute approximate surface area is 67.6 Å². The summed E-state index contributed by atoms with van der Waals surface area (Å²) in [4.78, 5) is 10.9. The third-order valence-electron chi connectivity index (χ3n) is 3.34. The first kappa shape index (κ1) is 8.57. The second kappa shape index (κ2) is 2.23. The lowest BCUT2D eigenvalue weighted by atomic mass is 9.74. The highest BCUT2D eigenvalue weighted by atomic mass is 16.4. The van der Waals surface area contributed by atoms with Crippen molar-refractivity contribution in [1.29, 1.82) is 0 Å². The van der Waals surface area contributed by atoms with E-state index in [1.165, 1.54) is 0 Å². The lowest BCUT2D eigenvalue weighted by Gasteiger charge is -2.30. The van der Waals surface area contributed by atoms with Gasteiger partial charge in [-0.1, -0.05) is 20.8 Å². The lowest BCUT2D eigenvalue weighted by Crippen LogP contribution is -2.32. The quantitative estimate of drug-likeness (QED) is 0.680. The van der Waals surface area contributed by atoms with E-state index in [-0.39, 0.29) is 10.8 Å². The maximum absolute atomic E-state index is 10.9. The van der Waals surface area contributed by atoms with Gasteiger partial charge in [0, 0.05) is 0 Å². The zero-order chi connectivity index (χ0) is 8.70. The summed E-state index contributed by atoms with van der Waals surface area (Å²) in [7, 11) is 0. The molecule has 0 unspecified atom stereocenters. The fraction of sp³-hybridized carbons (Fsp3) is 0.889. The molecular weight excluding hydrogens is 140 g/mol. The van der Waals surface area contributed by atoms with Crippen molar-refractivity contribution in [2.45, 2.75) is 40.0 Å². The molecule has 0 radical (unpaired) electrons. The van der Waals surface area contributed by atoms with Crippen molar-refractivity contribution < 1.29 is 9.90 Å². The van der Waals surface area contributed by atoms with Crippen LogP contribution in [0, 0.1) is 10.8 Å². The number of hydrogen-bond acceptors (Lipinski definition) is 1. The number of carboxylic acid groups (broad SMARTS) is 1. The third-order valence-corrected chi connectivity index (χ3v) is 3.34. The van der Waals surface area contributed by atoms with E-state index < -0.39 is 5.97 Å². The molecule has 0 atom stereocenters. The molecule has 1 N–H and O–H groups in total. The van der Waals surface area contributed by atoms with Crippen LogP contribution in [0.15, 0.2) is 0 Å². The zero-order valence-corrected chi connectivity index (χ0v) is 7.48. The van der Waals surface area contributed by atoms with Crippen molar-refractivity contribution in [3.63, 3.8) is 0 Å². The number of rotatable bonds is 3. The molecule has 0 aromatic heterocycles. The summed E-state index contributed by atoms with van der Waals surface area (Å²) in [6.45, 7) is 6.16. The topological polar surface area (TPSA) is 37.3 Å². The van der Waals surface area contributed by atoms with Crippen LogP contribution < -0.4 is 0 Å². The average molecular weight is 156 g/mol. The SMILES string of the molecule is CCC(C)(C)C1(C(=O)O)CC1. The highest BCUT2D eigenvalue weighted by molar-refractivity contribution is 5.78. The maximum atomic E-state index is 10.9. The minimum absolute atomic E-state index is 0.0289. The monoisotopic (exact) mass is 156 g/mol. The largest absolute Gasteiger partial charge is 0.481 e. The number of carbonyl (C=O) groups is 1. The van der Waals surface area contributed by atoms with Gasteiger partial charge in [0.05, 0.1) is 5.41 Å². The molecule has 1 rings (SSSR count). The summed E-state index contributed by atoms with van der Waals surface area (Å²) in [5.74, 6) is -0.607. The van der Waals surface area contributed by atoms with E-state index in [1.807, 2.05) is 13.8 Å². The van der Waals surface area contributed by atoms with E-state index in [2.05, 4.69) is 6.92 Å². The first-order chi connectivity index (χ1) is 4.96. The van der Waals surface area contributed by atoms with Gasteiger partial charge in [0.2, 0.25) is 0 Å². The lowest BCUT2D eigenvalue weighted by molar-refractivity contribution is -0.148. The molecule has 0 amide bonds. The molecular formula is C9H16O2. The Bertz CT molecular complexity index is 178. The summed E-state index contributed by atoms with van der Waals surface area (Å²) in [5, 5.41) is 8.97. The predicted molar refractivity (Wildman–Crippen MR) is 43.4 cm³/mol. The van der Waals surface area contributed by atoms with Gasteiger partial charge in [0.1, 0.15) is 0 Å². The predicted octanol–water partition coefficient (Wildman–Crippen LogP) is 2.29. The summed E-state index contributed by atoms with van der Waals surface area (Å²) < 4.78 is 0. The normalized spacial score (nSPS) is 21.4. The maximum Gasteiger partial charge on any atom is 0.310 e. The van der Waals surface area contributed by atoms with Gasteiger partial charge in [-0.2, -0.15) is 0 Å². The van der Waals surface area contributed by atoms with Gasteiger partial charge in [-0.25, -0.2) is 0 Å². The minimum atomic E-state index is -0.607. The number of carboxylic acids is 1. The van der Waals surface area contributed by atoms with Crippen molar-refractivity contribution in [1.82, 2.24) is 0 Å². The molecule has 64 valence electrons. The van der Waals surface area contributed by atoms with Crippen LogP contribution in [0.25, 0.3) is 0 Å². The molecule has 0 heterocycles. The Hall–Kier alpha value is -0.530. The van der Waals surface area contributed by atoms with Gasteiger partial charge in [-0.05, 0) is 24.7 Å². The minimum Gasteiger partial charge on any atom is -0.481 e. The Morgan fingerprint density at radius 3 is 2.09 bits per heavy atom. The molecule has 0 spiro atoms. The smallest absolute Gasteiger partial charge is 0.310 e. The third kappa shape index (κ3) is 1.05. The van der Waals surface area contributed by atoms with Crippen molar-refractivity contribution in [3.8, 4) is 0 Å².